The van der Waals surface area contributed by atoms with Crippen LogP contribution >= 0.6 is 0 Å². The van der Waals surface area contributed by atoms with Crippen molar-refractivity contribution in [2.45, 2.75) is 46.0 Å². The summed E-state index contributed by atoms with van der Waals surface area (Å²) in [5.41, 5.74) is 2.98. The van der Waals surface area contributed by atoms with Crippen molar-refractivity contribution in [2.75, 3.05) is 26.2 Å². The SMILES string of the molecule is CC(=NOCCN1CCCCC1)C1=C(C)NC(C)=C(C(=O)O)C1c1cccc([N+](=O)[O-])c1. The van der Waals surface area contributed by atoms with Gasteiger partial charge in [-0.1, -0.05) is 23.7 Å². The highest BCUT2D eigenvalue weighted by Gasteiger charge is 2.35. The summed E-state index contributed by atoms with van der Waals surface area (Å²) in [5.74, 6) is -1.79. The number of nitrogens with zero attached hydrogens (tertiary/aromatic N) is 3. The molecule has 3 rings (SSSR count). The largest absolute Gasteiger partial charge is 0.478 e. The maximum atomic E-state index is 12.1. The van der Waals surface area contributed by atoms with Crippen molar-refractivity contribution in [1.29, 1.82) is 0 Å². The molecule has 2 aliphatic heterocycles. The lowest BCUT2D eigenvalue weighted by molar-refractivity contribution is -0.384. The average Bonchev–Trinajstić information content (AvgIpc) is 2.76. The molecule has 1 saturated heterocycles. The van der Waals surface area contributed by atoms with Crippen molar-refractivity contribution in [3.05, 3.63) is 62.5 Å². The summed E-state index contributed by atoms with van der Waals surface area (Å²) in [6.45, 7) is 8.68. The highest BCUT2D eigenvalue weighted by atomic mass is 16.6. The van der Waals surface area contributed by atoms with Gasteiger partial charge in [0.25, 0.3) is 5.69 Å². The molecule has 32 heavy (non-hydrogen) atoms. The van der Waals surface area contributed by atoms with Crippen LogP contribution in [-0.4, -0.2) is 52.9 Å². The number of allylic oxidation sites excluding steroid dienone is 3. The molecule has 9 heteroatoms. The Morgan fingerprint density at radius 1 is 1.25 bits per heavy atom. The minimum atomic E-state index is -1.09. The van der Waals surface area contributed by atoms with Crippen molar-refractivity contribution in [1.82, 2.24) is 10.2 Å². The van der Waals surface area contributed by atoms with Crippen molar-refractivity contribution in [2.24, 2.45) is 5.16 Å². The first-order valence-electron chi connectivity index (χ1n) is 10.8. The molecular formula is C23H30N4O5. The van der Waals surface area contributed by atoms with Gasteiger partial charge >= 0.3 is 5.97 Å². The second kappa shape index (κ2) is 10.4. The molecule has 0 amide bonds. The Morgan fingerprint density at radius 3 is 2.59 bits per heavy atom. The molecule has 0 aromatic heterocycles. The molecule has 9 nitrogen and oxygen atoms in total. The Labute approximate surface area is 187 Å². The van der Waals surface area contributed by atoms with Gasteiger partial charge in [-0.05, 0) is 52.3 Å². The lowest BCUT2D eigenvalue weighted by Crippen LogP contribution is -2.32. The van der Waals surface area contributed by atoms with Crippen molar-refractivity contribution < 1.29 is 19.7 Å². The Kier molecular flexibility index (Phi) is 7.63. The number of non-ortho nitro benzene ring substituents is 1. The maximum absolute atomic E-state index is 12.1. The summed E-state index contributed by atoms with van der Waals surface area (Å²) in [5, 5.41) is 28.6. The third-order valence-electron chi connectivity index (χ3n) is 5.94. The maximum Gasteiger partial charge on any atom is 0.334 e. The third kappa shape index (κ3) is 5.34. The van der Waals surface area contributed by atoms with Gasteiger partial charge in [-0.25, -0.2) is 4.79 Å². The predicted molar refractivity (Wildman–Crippen MR) is 121 cm³/mol. The van der Waals surface area contributed by atoms with E-state index < -0.39 is 16.8 Å². The standard InChI is InChI=1S/C23H30N4O5/c1-15-20(17(3)25-32-13-12-26-10-5-4-6-11-26)22(21(23(28)29)16(2)24-15)18-8-7-9-19(14-18)27(30)31/h7-9,14,22,24H,4-6,10-13H2,1-3H3,(H,28,29). The zero-order valence-corrected chi connectivity index (χ0v) is 18.8. The van der Waals surface area contributed by atoms with Gasteiger partial charge in [0, 0.05) is 41.6 Å². The molecular weight excluding hydrogens is 412 g/mol. The number of nitro benzene ring substituents is 1. The number of aliphatic carboxylic acids is 1. The zero-order chi connectivity index (χ0) is 23.3. The first kappa shape index (κ1) is 23.5. The molecule has 1 aromatic rings. The number of rotatable bonds is 8. The molecule has 172 valence electrons. The number of likely N-dealkylation sites (tertiary alicyclic amines) is 1. The number of piperidine rings is 1. The molecule has 0 aliphatic carbocycles. The van der Waals surface area contributed by atoms with Crippen molar-refractivity contribution in [3.63, 3.8) is 0 Å². The van der Waals surface area contributed by atoms with Gasteiger partial charge in [0.15, 0.2) is 0 Å². The van der Waals surface area contributed by atoms with Crippen LogP contribution in [0.1, 0.15) is 51.5 Å². The topological polar surface area (TPSA) is 117 Å². The van der Waals surface area contributed by atoms with Gasteiger partial charge < -0.3 is 15.3 Å². The molecule has 2 heterocycles. The molecule has 1 fully saturated rings. The third-order valence-corrected chi connectivity index (χ3v) is 5.94. The summed E-state index contributed by atoms with van der Waals surface area (Å²) in [6, 6.07) is 6.09. The van der Waals surface area contributed by atoms with E-state index in [4.69, 9.17) is 4.84 Å². The second-order valence-electron chi connectivity index (χ2n) is 8.20. The Hall–Kier alpha value is -3.20. The van der Waals surface area contributed by atoms with Crippen LogP contribution < -0.4 is 5.32 Å². The Balaban J connectivity index is 1.88. The van der Waals surface area contributed by atoms with Crippen LogP contribution in [0.15, 0.2) is 52.0 Å². The van der Waals surface area contributed by atoms with Gasteiger partial charge in [-0.3, -0.25) is 15.0 Å². The molecule has 1 atom stereocenters. The normalized spacial score (nSPS) is 20.2. The molecule has 0 radical (unpaired) electrons. The number of dihydropyridines is 1. The first-order chi connectivity index (χ1) is 15.3. The lowest BCUT2D eigenvalue weighted by atomic mass is 9.78. The predicted octanol–water partition coefficient (Wildman–Crippen LogP) is 3.79. The summed E-state index contributed by atoms with van der Waals surface area (Å²) in [4.78, 5) is 30.9. The second-order valence-corrected chi connectivity index (χ2v) is 8.20. The van der Waals surface area contributed by atoms with E-state index in [0.717, 1.165) is 25.3 Å². The number of benzene rings is 1. The number of carboxylic acids is 1. The minimum Gasteiger partial charge on any atom is -0.478 e. The number of carbonyl (C=O) groups is 1. The van der Waals surface area contributed by atoms with E-state index >= 15 is 0 Å². The molecule has 0 saturated carbocycles. The Bertz CT molecular complexity index is 976. The number of hydrogen-bond donors (Lipinski definition) is 2. The molecule has 2 N–H and O–H groups in total. The fourth-order valence-corrected chi connectivity index (χ4v) is 4.45. The lowest BCUT2D eigenvalue weighted by Gasteiger charge is -2.30. The molecule has 0 spiro atoms. The van der Waals surface area contributed by atoms with Gasteiger partial charge in [0.05, 0.1) is 16.2 Å². The Morgan fingerprint density at radius 2 is 1.94 bits per heavy atom. The van der Waals surface area contributed by atoms with E-state index in [1.54, 1.807) is 26.0 Å². The van der Waals surface area contributed by atoms with Gasteiger partial charge in [0.2, 0.25) is 0 Å². The van der Waals surface area contributed by atoms with Gasteiger partial charge in [0.1, 0.15) is 6.61 Å². The molecule has 1 aromatic carbocycles. The minimum absolute atomic E-state index is 0.0900. The van der Waals surface area contributed by atoms with Crippen LogP contribution in [-0.2, 0) is 9.63 Å². The van der Waals surface area contributed by atoms with E-state index in [2.05, 4.69) is 15.4 Å². The molecule has 0 bridgehead atoms. The molecule has 1 unspecified atom stereocenters. The highest BCUT2D eigenvalue weighted by Crippen LogP contribution is 2.39. The summed E-state index contributed by atoms with van der Waals surface area (Å²) < 4.78 is 0. The van der Waals surface area contributed by atoms with E-state index in [1.165, 1.54) is 31.4 Å². The van der Waals surface area contributed by atoms with Crippen LogP contribution in [0.5, 0.6) is 0 Å². The smallest absolute Gasteiger partial charge is 0.334 e. The van der Waals surface area contributed by atoms with Gasteiger partial charge in [-0.2, -0.15) is 0 Å². The number of carboxylic acid groups (broad SMARTS) is 1. The number of oxime groups is 1. The van der Waals surface area contributed by atoms with Gasteiger partial charge in [-0.15, -0.1) is 0 Å². The van der Waals surface area contributed by atoms with Crippen molar-refractivity contribution in [3.8, 4) is 0 Å². The van der Waals surface area contributed by atoms with Crippen LogP contribution in [0, 0.1) is 10.1 Å². The van der Waals surface area contributed by atoms with E-state index in [0.29, 0.717) is 29.2 Å². The zero-order valence-electron chi connectivity index (χ0n) is 18.8. The van der Waals surface area contributed by atoms with Crippen LogP contribution in [0.2, 0.25) is 0 Å². The fraction of sp³-hybridized carbons (Fsp3) is 0.478. The monoisotopic (exact) mass is 442 g/mol. The van der Waals surface area contributed by atoms with Crippen LogP contribution in [0.3, 0.4) is 0 Å². The highest BCUT2D eigenvalue weighted by molar-refractivity contribution is 6.04. The summed E-state index contributed by atoms with van der Waals surface area (Å²) in [7, 11) is 0. The van der Waals surface area contributed by atoms with E-state index in [9.17, 15) is 20.0 Å². The van der Waals surface area contributed by atoms with Crippen LogP contribution in [0.4, 0.5) is 5.69 Å². The first-order valence-corrected chi connectivity index (χ1v) is 10.8. The molecule has 2 aliphatic rings. The summed E-state index contributed by atoms with van der Waals surface area (Å²) in [6.07, 6.45) is 3.68. The van der Waals surface area contributed by atoms with Crippen LogP contribution in [0.25, 0.3) is 0 Å². The number of hydrogen-bond acceptors (Lipinski definition) is 7. The quantitative estimate of drug-likeness (QED) is 0.272. The number of nitrogens with one attached hydrogen (secondary N) is 1. The van der Waals surface area contributed by atoms with Crippen molar-refractivity contribution >= 4 is 17.4 Å². The fourth-order valence-electron chi connectivity index (χ4n) is 4.45. The number of nitro groups is 1. The van der Waals surface area contributed by atoms with E-state index in [-0.39, 0.29) is 11.3 Å². The summed E-state index contributed by atoms with van der Waals surface area (Å²) >= 11 is 0. The average molecular weight is 443 g/mol. The van der Waals surface area contributed by atoms with E-state index in [1.807, 2.05) is 6.92 Å².